The molecule has 0 unspecified atom stereocenters. The number of hydrogen-bond acceptors (Lipinski definition) is 4. The first-order valence-electron chi connectivity index (χ1n) is 8.31. The molecule has 0 N–H and O–H groups in total. The number of rotatable bonds is 4. The summed E-state index contributed by atoms with van der Waals surface area (Å²) in [5.74, 6) is -0.245. The zero-order valence-electron chi connectivity index (χ0n) is 13.9. The smallest absolute Gasteiger partial charge is 0.316 e. The fourth-order valence-corrected chi connectivity index (χ4v) is 3.15. The van der Waals surface area contributed by atoms with E-state index in [4.69, 9.17) is 4.74 Å². The van der Waals surface area contributed by atoms with Crippen LogP contribution in [0.2, 0.25) is 0 Å². The van der Waals surface area contributed by atoms with Gasteiger partial charge in [-0.3, -0.25) is 14.0 Å². The van der Waals surface area contributed by atoms with Crippen molar-refractivity contribution in [2.75, 3.05) is 0 Å². The summed E-state index contributed by atoms with van der Waals surface area (Å²) in [7, 11) is 0. The van der Waals surface area contributed by atoms with Gasteiger partial charge in [-0.05, 0) is 37.0 Å². The minimum absolute atomic E-state index is 0.00743. The lowest BCUT2D eigenvalue weighted by Gasteiger charge is -2.15. The molecule has 0 amide bonds. The van der Waals surface area contributed by atoms with Crippen LogP contribution in [0.5, 0.6) is 0 Å². The molecule has 0 radical (unpaired) electrons. The van der Waals surface area contributed by atoms with Crippen LogP contribution in [-0.4, -0.2) is 15.4 Å². The van der Waals surface area contributed by atoms with Gasteiger partial charge >= 0.3 is 5.97 Å². The van der Waals surface area contributed by atoms with Gasteiger partial charge in [0.15, 0.2) is 0 Å². The Kier molecular flexibility index (Phi) is 3.64. The maximum absolute atomic E-state index is 12.6. The topological polar surface area (TPSA) is 60.7 Å². The van der Waals surface area contributed by atoms with Gasteiger partial charge in [-0.25, -0.2) is 4.98 Å². The number of aryl methyl sites for hydroxylation is 1. The van der Waals surface area contributed by atoms with Crippen molar-refractivity contribution in [3.8, 4) is 0 Å². The molecule has 0 atom stereocenters. The van der Waals surface area contributed by atoms with Crippen LogP contribution in [-0.2, 0) is 21.6 Å². The van der Waals surface area contributed by atoms with E-state index in [-0.39, 0.29) is 18.1 Å². The van der Waals surface area contributed by atoms with Gasteiger partial charge in [0.25, 0.3) is 5.56 Å². The molecule has 1 fully saturated rings. The molecule has 0 bridgehead atoms. The number of ether oxygens (including phenoxy) is 1. The molecule has 25 heavy (non-hydrogen) atoms. The highest BCUT2D eigenvalue weighted by Gasteiger charge is 2.52. The minimum Gasteiger partial charge on any atom is -0.458 e. The first kappa shape index (κ1) is 15.6. The normalized spacial score (nSPS) is 15.1. The largest absolute Gasteiger partial charge is 0.458 e. The fourth-order valence-electron chi connectivity index (χ4n) is 3.15. The molecule has 1 aromatic carbocycles. The Morgan fingerprint density at radius 2 is 1.96 bits per heavy atom. The summed E-state index contributed by atoms with van der Waals surface area (Å²) in [4.78, 5) is 29.3. The molecule has 3 aromatic rings. The van der Waals surface area contributed by atoms with Crippen LogP contribution < -0.4 is 5.56 Å². The van der Waals surface area contributed by atoms with Crippen LogP contribution in [0.25, 0.3) is 5.65 Å². The van der Waals surface area contributed by atoms with E-state index in [0.717, 1.165) is 24.0 Å². The molecule has 1 aliphatic rings. The van der Waals surface area contributed by atoms with Gasteiger partial charge in [-0.15, -0.1) is 0 Å². The molecule has 2 heterocycles. The molecular weight excluding hydrogens is 316 g/mol. The lowest BCUT2D eigenvalue weighted by Crippen LogP contribution is -2.24. The quantitative estimate of drug-likeness (QED) is 0.688. The number of carbonyl (C=O) groups is 1. The van der Waals surface area contributed by atoms with E-state index in [1.54, 1.807) is 6.20 Å². The molecule has 0 saturated heterocycles. The van der Waals surface area contributed by atoms with Gasteiger partial charge in [0.2, 0.25) is 0 Å². The summed E-state index contributed by atoms with van der Waals surface area (Å²) >= 11 is 0. The second kappa shape index (κ2) is 5.84. The first-order valence-corrected chi connectivity index (χ1v) is 8.31. The average molecular weight is 334 g/mol. The molecule has 1 saturated carbocycles. The molecule has 5 heteroatoms. The fraction of sp³-hybridized carbons (Fsp3) is 0.250. The van der Waals surface area contributed by atoms with Crippen molar-refractivity contribution in [3.63, 3.8) is 0 Å². The Morgan fingerprint density at radius 1 is 1.20 bits per heavy atom. The van der Waals surface area contributed by atoms with E-state index in [1.165, 1.54) is 10.5 Å². The molecular formula is C20H18N2O3. The van der Waals surface area contributed by atoms with Crippen LogP contribution in [0.15, 0.2) is 59.5 Å². The van der Waals surface area contributed by atoms with Gasteiger partial charge in [0, 0.05) is 12.3 Å². The SMILES string of the molecule is Cc1cccn2c(=O)cc(COC(=O)C3(c4ccccc4)CC3)nc12. The van der Waals surface area contributed by atoms with Crippen molar-refractivity contribution in [1.82, 2.24) is 9.38 Å². The van der Waals surface area contributed by atoms with Crippen LogP contribution >= 0.6 is 0 Å². The second-order valence-electron chi connectivity index (χ2n) is 6.49. The van der Waals surface area contributed by atoms with E-state index in [0.29, 0.717) is 11.3 Å². The predicted molar refractivity (Wildman–Crippen MR) is 93.3 cm³/mol. The number of benzene rings is 1. The Morgan fingerprint density at radius 3 is 2.68 bits per heavy atom. The summed E-state index contributed by atoms with van der Waals surface area (Å²) in [5.41, 5.74) is 2.24. The second-order valence-corrected chi connectivity index (χ2v) is 6.49. The third-order valence-electron chi connectivity index (χ3n) is 4.76. The zero-order valence-corrected chi connectivity index (χ0v) is 13.9. The lowest BCUT2D eigenvalue weighted by atomic mass is 9.96. The van der Waals surface area contributed by atoms with E-state index in [1.807, 2.05) is 49.4 Å². The summed E-state index contributed by atoms with van der Waals surface area (Å²) < 4.78 is 7.00. The van der Waals surface area contributed by atoms with E-state index in [2.05, 4.69) is 4.98 Å². The molecule has 1 aliphatic carbocycles. The summed E-state index contributed by atoms with van der Waals surface area (Å²) in [6.07, 6.45) is 3.27. The minimum atomic E-state index is -0.525. The average Bonchev–Trinajstić information content (AvgIpc) is 3.43. The number of nitrogens with zero attached hydrogens (tertiary/aromatic N) is 2. The van der Waals surface area contributed by atoms with Crippen LogP contribution in [0.1, 0.15) is 29.7 Å². The number of carbonyl (C=O) groups excluding carboxylic acids is 1. The van der Waals surface area contributed by atoms with E-state index >= 15 is 0 Å². The highest BCUT2D eigenvalue weighted by Crippen LogP contribution is 2.49. The lowest BCUT2D eigenvalue weighted by molar-refractivity contribution is -0.148. The van der Waals surface area contributed by atoms with Gasteiger partial charge in [0.1, 0.15) is 12.3 Å². The van der Waals surface area contributed by atoms with Crippen molar-refractivity contribution in [3.05, 3.63) is 81.9 Å². The van der Waals surface area contributed by atoms with E-state index in [9.17, 15) is 9.59 Å². The number of esters is 1. The molecule has 0 spiro atoms. The highest BCUT2D eigenvalue weighted by atomic mass is 16.5. The maximum Gasteiger partial charge on any atom is 0.316 e. The highest BCUT2D eigenvalue weighted by molar-refractivity contribution is 5.86. The number of pyridine rings is 1. The van der Waals surface area contributed by atoms with Crippen molar-refractivity contribution in [2.45, 2.75) is 31.8 Å². The molecule has 4 rings (SSSR count). The van der Waals surface area contributed by atoms with Gasteiger partial charge in [0.05, 0.1) is 11.1 Å². The van der Waals surface area contributed by atoms with Crippen molar-refractivity contribution in [1.29, 1.82) is 0 Å². The van der Waals surface area contributed by atoms with Crippen molar-refractivity contribution < 1.29 is 9.53 Å². The van der Waals surface area contributed by atoms with E-state index < -0.39 is 5.41 Å². The molecule has 5 nitrogen and oxygen atoms in total. The van der Waals surface area contributed by atoms with Gasteiger partial charge in [-0.2, -0.15) is 0 Å². The Balaban J connectivity index is 1.56. The van der Waals surface area contributed by atoms with Crippen molar-refractivity contribution >= 4 is 11.6 Å². The zero-order chi connectivity index (χ0) is 17.4. The third-order valence-corrected chi connectivity index (χ3v) is 4.76. The molecule has 0 aliphatic heterocycles. The van der Waals surface area contributed by atoms with Crippen LogP contribution in [0.3, 0.4) is 0 Å². The van der Waals surface area contributed by atoms with Crippen molar-refractivity contribution in [2.24, 2.45) is 0 Å². The summed E-state index contributed by atoms with van der Waals surface area (Å²) in [6, 6.07) is 14.8. The molecule has 2 aromatic heterocycles. The maximum atomic E-state index is 12.6. The van der Waals surface area contributed by atoms with Gasteiger partial charge < -0.3 is 4.74 Å². The number of fused-ring (bicyclic) bond motifs is 1. The Bertz CT molecular complexity index is 1000. The van der Waals surface area contributed by atoms with Crippen LogP contribution in [0.4, 0.5) is 0 Å². The van der Waals surface area contributed by atoms with Gasteiger partial charge in [-0.1, -0.05) is 36.4 Å². The number of aromatic nitrogens is 2. The third kappa shape index (κ3) is 2.71. The number of hydrogen-bond donors (Lipinski definition) is 0. The Hall–Kier alpha value is -2.95. The molecule has 126 valence electrons. The standard InChI is InChI=1S/C20H18N2O3/c1-14-6-5-11-22-17(23)12-16(21-18(14)22)13-25-19(24)20(9-10-20)15-7-3-2-4-8-15/h2-8,11-12H,9-10,13H2,1H3. The Labute approximate surface area is 144 Å². The monoisotopic (exact) mass is 334 g/mol. The summed E-state index contributed by atoms with van der Waals surface area (Å²) in [5, 5.41) is 0. The summed E-state index contributed by atoms with van der Waals surface area (Å²) in [6.45, 7) is 1.90. The van der Waals surface area contributed by atoms with Crippen LogP contribution in [0, 0.1) is 6.92 Å². The predicted octanol–water partition coefficient (Wildman–Crippen LogP) is 2.78. The first-order chi connectivity index (χ1) is 12.1.